The van der Waals surface area contributed by atoms with E-state index in [2.05, 4.69) is 23.8 Å². The maximum Gasteiger partial charge on any atom is 0.246 e. The van der Waals surface area contributed by atoms with Gasteiger partial charge in [0.25, 0.3) is 0 Å². The second-order valence-electron chi connectivity index (χ2n) is 4.49. The molecule has 0 aromatic rings. The van der Waals surface area contributed by atoms with Crippen molar-refractivity contribution >= 4 is 11.8 Å². The molecule has 2 N–H and O–H groups in total. The molecule has 0 fully saturated rings. The van der Waals surface area contributed by atoms with E-state index in [1.807, 2.05) is 0 Å². The molecule has 0 atom stereocenters. The van der Waals surface area contributed by atoms with Crippen LogP contribution in [0.4, 0.5) is 0 Å². The Bertz CT molecular complexity index is 290. The zero-order valence-corrected chi connectivity index (χ0v) is 11.5. The van der Waals surface area contributed by atoms with Gasteiger partial charge in [-0.05, 0) is 26.7 Å². The van der Waals surface area contributed by atoms with Crippen LogP contribution in [0.15, 0.2) is 24.3 Å². The lowest BCUT2D eigenvalue weighted by Crippen LogP contribution is -2.25. The molecule has 0 bridgehead atoms. The van der Waals surface area contributed by atoms with Crippen molar-refractivity contribution in [2.45, 2.75) is 39.5 Å². The van der Waals surface area contributed by atoms with Gasteiger partial charge >= 0.3 is 0 Å². The van der Waals surface area contributed by atoms with Crippen LogP contribution >= 0.6 is 0 Å². The van der Waals surface area contributed by atoms with Gasteiger partial charge in [0, 0.05) is 24.2 Å². The molecule has 0 spiro atoms. The highest BCUT2D eigenvalue weighted by Gasteiger charge is 2.00. The molecular weight excluding hydrogens is 228 g/mol. The Kier molecular flexibility index (Phi) is 8.62. The lowest BCUT2D eigenvalue weighted by Gasteiger charge is -2.06. The minimum atomic E-state index is -0.0799. The number of nitrogens with one attached hydrogen (secondary N) is 2. The Labute approximate surface area is 110 Å². The number of unbranched alkanes of at least 4 members (excludes halogenated alkanes) is 3. The van der Waals surface area contributed by atoms with Crippen LogP contribution in [-0.2, 0) is 9.59 Å². The van der Waals surface area contributed by atoms with Crippen molar-refractivity contribution in [3.05, 3.63) is 24.3 Å². The summed E-state index contributed by atoms with van der Waals surface area (Å²) in [4.78, 5) is 22.3. The molecule has 0 saturated carbocycles. The third-order valence-corrected chi connectivity index (χ3v) is 2.45. The first-order chi connectivity index (χ1) is 8.45. The average molecular weight is 252 g/mol. The number of hydrogen-bond acceptors (Lipinski definition) is 2. The van der Waals surface area contributed by atoms with Crippen LogP contribution in [0.2, 0.25) is 0 Å². The largest absolute Gasteiger partial charge is 0.352 e. The molecule has 4 heteroatoms. The summed E-state index contributed by atoms with van der Waals surface area (Å²) in [5, 5.41) is 5.57. The minimum absolute atomic E-state index is 0.0799. The standard InChI is InChI=1S/C14H24N2O2/c1-11(2)13(17)15-9-7-5-6-8-10-16-14(18)12(3)4/h1,3,5-10H2,2,4H3,(H,15,17)(H,16,18). The van der Waals surface area contributed by atoms with Crippen LogP contribution in [0, 0.1) is 0 Å². The molecule has 0 aliphatic heterocycles. The van der Waals surface area contributed by atoms with Gasteiger partial charge in [0.15, 0.2) is 0 Å². The molecule has 2 amide bonds. The zero-order chi connectivity index (χ0) is 14.0. The van der Waals surface area contributed by atoms with Crippen molar-refractivity contribution in [1.29, 1.82) is 0 Å². The van der Waals surface area contributed by atoms with Gasteiger partial charge in [-0.1, -0.05) is 26.0 Å². The van der Waals surface area contributed by atoms with Crippen molar-refractivity contribution < 1.29 is 9.59 Å². The van der Waals surface area contributed by atoms with Crippen molar-refractivity contribution in [1.82, 2.24) is 10.6 Å². The van der Waals surface area contributed by atoms with Gasteiger partial charge in [0.05, 0.1) is 0 Å². The predicted octanol–water partition coefficient (Wildman–Crippen LogP) is 1.93. The summed E-state index contributed by atoms with van der Waals surface area (Å²) in [6.07, 6.45) is 3.99. The fraction of sp³-hybridized carbons (Fsp3) is 0.571. The van der Waals surface area contributed by atoms with E-state index in [0.29, 0.717) is 24.2 Å². The van der Waals surface area contributed by atoms with E-state index >= 15 is 0 Å². The summed E-state index contributed by atoms with van der Waals surface area (Å²) in [6, 6.07) is 0. The fourth-order valence-corrected chi connectivity index (χ4v) is 1.31. The molecule has 0 heterocycles. The maximum absolute atomic E-state index is 11.2. The third kappa shape index (κ3) is 8.56. The Balaban J connectivity index is 3.32. The number of carbonyl (C=O) groups is 2. The van der Waals surface area contributed by atoms with Gasteiger partial charge in [0.2, 0.25) is 11.8 Å². The van der Waals surface area contributed by atoms with Crippen LogP contribution in [0.25, 0.3) is 0 Å². The van der Waals surface area contributed by atoms with E-state index < -0.39 is 0 Å². The topological polar surface area (TPSA) is 58.2 Å². The highest BCUT2D eigenvalue weighted by molar-refractivity contribution is 5.92. The summed E-state index contributed by atoms with van der Waals surface area (Å²) in [5.41, 5.74) is 1.08. The molecule has 0 aliphatic rings. The lowest BCUT2D eigenvalue weighted by molar-refractivity contribution is -0.118. The van der Waals surface area contributed by atoms with Crippen LogP contribution < -0.4 is 10.6 Å². The van der Waals surface area contributed by atoms with Gasteiger partial charge in [-0.2, -0.15) is 0 Å². The van der Waals surface area contributed by atoms with E-state index in [1.165, 1.54) is 0 Å². The summed E-state index contributed by atoms with van der Waals surface area (Å²) in [6.45, 7) is 11.9. The van der Waals surface area contributed by atoms with E-state index in [9.17, 15) is 9.59 Å². The summed E-state index contributed by atoms with van der Waals surface area (Å²) in [5.74, 6) is -0.160. The number of carbonyl (C=O) groups excluding carboxylic acids is 2. The quantitative estimate of drug-likeness (QED) is 0.486. The van der Waals surface area contributed by atoms with Crippen LogP contribution in [0.1, 0.15) is 39.5 Å². The van der Waals surface area contributed by atoms with E-state index in [1.54, 1.807) is 13.8 Å². The Hall–Kier alpha value is -1.58. The average Bonchev–Trinajstić information content (AvgIpc) is 2.31. The molecule has 0 unspecified atom stereocenters. The van der Waals surface area contributed by atoms with Gasteiger partial charge < -0.3 is 10.6 Å². The van der Waals surface area contributed by atoms with Crippen LogP contribution in [0.5, 0.6) is 0 Å². The SMILES string of the molecule is C=C(C)C(=O)NCCCCCCNC(=O)C(=C)C. The van der Waals surface area contributed by atoms with Crippen molar-refractivity contribution in [3.8, 4) is 0 Å². The molecular formula is C14H24N2O2. The Morgan fingerprint density at radius 1 is 0.778 bits per heavy atom. The van der Waals surface area contributed by atoms with Crippen molar-refractivity contribution in [2.24, 2.45) is 0 Å². The molecule has 0 saturated heterocycles. The van der Waals surface area contributed by atoms with Gasteiger partial charge in [-0.15, -0.1) is 0 Å². The van der Waals surface area contributed by atoms with E-state index in [4.69, 9.17) is 0 Å². The first kappa shape index (κ1) is 16.4. The first-order valence-electron chi connectivity index (χ1n) is 6.32. The molecule has 102 valence electrons. The van der Waals surface area contributed by atoms with Crippen LogP contribution in [-0.4, -0.2) is 24.9 Å². The number of amides is 2. The molecule has 0 radical (unpaired) electrons. The summed E-state index contributed by atoms with van der Waals surface area (Å²) >= 11 is 0. The van der Waals surface area contributed by atoms with Crippen molar-refractivity contribution in [3.63, 3.8) is 0 Å². The number of hydrogen-bond donors (Lipinski definition) is 2. The van der Waals surface area contributed by atoms with E-state index in [0.717, 1.165) is 25.7 Å². The molecule has 18 heavy (non-hydrogen) atoms. The van der Waals surface area contributed by atoms with Gasteiger partial charge in [-0.25, -0.2) is 0 Å². The molecule has 4 nitrogen and oxygen atoms in total. The zero-order valence-electron chi connectivity index (χ0n) is 11.5. The maximum atomic E-state index is 11.2. The number of rotatable bonds is 9. The first-order valence-corrected chi connectivity index (χ1v) is 6.32. The summed E-state index contributed by atoms with van der Waals surface area (Å²) < 4.78 is 0. The minimum Gasteiger partial charge on any atom is -0.352 e. The molecule has 0 aliphatic carbocycles. The molecule has 0 aromatic heterocycles. The highest BCUT2D eigenvalue weighted by Crippen LogP contribution is 1.98. The van der Waals surface area contributed by atoms with Gasteiger partial charge in [-0.3, -0.25) is 9.59 Å². The second-order valence-corrected chi connectivity index (χ2v) is 4.49. The smallest absolute Gasteiger partial charge is 0.246 e. The predicted molar refractivity (Wildman–Crippen MR) is 74.1 cm³/mol. The Morgan fingerprint density at radius 3 is 1.39 bits per heavy atom. The summed E-state index contributed by atoms with van der Waals surface area (Å²) in [7, 11) is 0. The van der Waals surface area contributed by atoms with Gasteiger partial charge in [0.1, 0.15) is 0 Å². The Morgan fingerprint density at radius 2 is 1.11 bits per heavy atom. The molecule has 0 rings (SSSR count). The van der Waals surface area contributed by atoms with Crippen LogP contribution in [0.3, 0.4) is 0 Å². The van der Waals surface area contributed by atoms with Crippen molar-refractivity contribution in [2.75, 3.05) is 13.1 Å². The fourth-order valence-electron chi connectivity index (χ4n) is 1.31. The monoisotopic (exact) mass is 252 g/mol. The lowest BCUT2D eigenvalue weighted by atomic mass is 10.2. The molecule has 0 aromatic carbocycles. The second kappa shape index (κ2) is 9.45. The van der Waals surface area contributed by atoms with E-state index in [-0.39, 0.29) is 11.8 Å². The normalized spacial score (nSPS) is 9.67. The highest BCUT2D eigenvalue weighted by atomic mass is 16.2. The third-order valence-electron chi connectivity index (χ3n) is 2.45.